The Balaban J connectivity index is 1.65. The molecule has 8 nitrogen and oxygen atoms in total. The molecule has 36 heavy (non-hydrogen) atoms. The first-order valence-electron chi connectivity index (χ1n) is 11.5. The number of esters is 1. The average Bonchev–Trinajstić information content (AvgIpc) is 3.30. The first-order chi connectivity index (χ1) is 17.2. The Labute approximate surface area is 212 Å². The highest BCUT2D eigenvalue weighted by molar-refractivity contribution is 7.98. The second-order valence-corrected chi connectivity index (χ2v) is 9.49. The molecule has 1 N–H and O–H groups in total. The van der Waals surface area contributed by atoms with Crippen molar-refractivity contribution >= 4 is 29.5 Å². The molecule has 4 rings (SSSR count). The van der Waals surface area contributed by atoms with Crippen molar-refractivity contribution < 1.29 is 23.5 Å². The van der Waals surface area contributed by atoms with Gasteiger partial charge in [0.1, 0.15) is 17.1 Å². The van der Waals surface area contributed by atoms with Crippen molar-refractivity contribution in [3.63, 3.8) is 0 Å². The van der Waals surface area contributed by atoms with Crippen LogP contribution in [0.4, 0.5) is 4.39 Å². The minimum Gasteiger partial charge on any atom is -0.461 e. The third kappa shape index (κ3) is 5.13. The maximum absolute atomic E-state index is 13.7. The number of aromatic nitrogens is 2. The fraction of sp³-hybridized carbons (Fsp3) is 0.308. The minimum absolute atomic E-state index is 0.0143. The number of amides is 2. The van der Waals surface area contributed by atoms with Crippen LogP contribution in [0, 0.1) is 5.82 Å². The normalized spacial score (nSPS) is 17.0. The van der Waals surface area contributed by atoms with Crippen molar-refractivity contribution in [1.82, 2.24) is 20.0 Å². The lowest BCUT2D eigenvalue weighted by Gasteiger charge is -2.43. The van der Waals surface area contributed by atoms with Crippen molar-refractivity contribution in [1.29, 1.82) is 0 Å². The van der Waals surface area contributed by atoms with Gasteiger partial charge in [-0.15, -0.1) is 11.8 Å². The summed E-state index contributed by atoms with van der Waals surface area (Å²) >= 11 is 1.61. The smallest absolute Gasteiger partial charge is 0.358 e. The van der Waals surface area contributed by atoms with Crippen LogP contribution in [-0.2, 0) is 29.2 Å². The van der Waals surface area contributed by atoms with Crippen LogP contribution in [0.15, 0.2) is 59.5 Å². The number of rotatable bonds is 8. The van der Waals surface area contributed by atoms with Gasteiger partial charge in [0.2, 0.25) is 5.91 Å². The topological polar surface area (TPSA) is 93.5 Å². The molecule has 0 radical (unpaired) electrons. The molecule has 10 heteroatoms. The number of carbonyl (C=O) groups is 3. The third-order valence-electron chi connectivity index (χ3n) is 6.14. The van der Waals surface area contributed by atoms with E-state index in [1.165, 1.54) is 27.8 Å². The lowest BCUT2D eigenvalue weighted by atomic mass is 9.94. The van der Waals surface area contributed by atoms with Crippen molar-refractivity contribution in [3.05, 3.63) is 82.9 Å². The summed E-state index contributed by atoms with van der Waals surface area (Å²) < 4.78 is 19.7. The number of hydrogen-bond donors (Lipinski definition) is 1. The molecule has 0 spiro atoms. The molecule has 0 aliphatic carbocycles. The summed E-state index contributed by atoms with van der Waals surface area (Å²) in [5.74, 6) is -1.80. The van der Waals surface area contributed by atoms with E-state index in [9.17, 15) is 18.8 Å². The quantitative estimate of drug-likeness (QED) is 0.367. The zero-order chi connectivity index (χ0) is 25.9. The molecule has 0 saturated carbocycles. The molecule has 0 bridgehead atoms. The van der Waals surface area contributed by atoms with E-state index in [-0.39, 0.29) is 49.4 Å². The van der Waals surface area contributed by atoms with Crippen LogP contribution >= 0.6 is 11.8 Å². The molecule has 1 aromatic heterocycles. The van der Waals surface area contributed by atoms with Crippen molar-refractivity contribution in [3.8, 4) is 0 Å². The Bertz CT molecular complexity index is 1280. The highest BCUT2D eigenvalue weighted by Gasteiger charge is 2.48. The summed E-state index contributed by atoms with van der Waals surface area (Å²) in [7, 11) is 0. The largest absolute Gasteiger partial charge is 0.461 e. The maximum Gasteiger partial charge on any atom is 0.358 e. The molecular formula is C26H27FN4O4S. The maximum atomic E-state index is 13.7. The third-order valence-corrected chi connectivity index (χ3v) is 6.88. The summed E-state index contributed by atoms with van der Waals surface area (Å²) in [6.07, 6.45) is 1.98. The first-order valence-corrected chi connectivity index (χ1v) is 12.7. The van der Waals surface area contributed by atoms with E-state index in [1.807, 2.05) is 30.5 Å². The summed E-state index contributed by atoms with van der Waals surface area (Å²) in [5, 5.41) is 7.13. The molecule has 2 amide bonds. The first kappa shape index (κ1) is 25.4. The molecular weight excluding hydrogens is 483 g/mol. The van der Waals surface area contributed by atoms with Crippen LogP contribution in [0.1, 0.15) is 46.0 Å². The van der Waals surface area contributed by atoms with E-state index in [2.05, 4.69) is 10.4 Å². The van der Waals surface area contributed by atoms with Crippen LogP contribution in [-0.4, -0.2) is 50.9 Å². The van der Waals surface area contributed by atoms with Gasteiger partial charge in [-0.25, -0.2) is 9.18 Å². The molecule has 3 aromatic rings. The predicted octanol–water partition coefficient (Wildman–Crippen LogP) is 3.65. The highest BCUT2D eigenvalue weighted by atomic mass is 32.2. The molecule has 1 atom stereocenters. The zero-order valence-corrected chi connectivity index (χ0v) is 21.1. The molecule has 1 aliphatic heterocycles. The van der Waals surface area contributed by atoms with Gasteiger partial charge in [0.15, 0.2) is 5.69 Å². The van der Waals surface area contributed by atoms with Gasteiger partial charge in [-0.1, -0.05) is 24.3 Å². The fourth-order valence-corrected chi connectivity index (χ4v) is 4.49. The van der Waals surface area contributed by atoms with Gasteiger partial charge in [-0.2, -0.15) is 5.10 Å². The highest BCUT2D eigenvalue weighted by Crippen LogP contribution is 2.30. The van der Waals surface area contributed by atoms with Crippen molar-refractivity contribution in [2.24, 2.45) is 0 Å². The van der Waals surface area contributed by atoms with E-state index >= 15 is 0 Å². The molecule has 188 valence electrons. The van der Waals surface area contributed by atoms with Crippen LogP contribution < -0.4 is 5.32 Å². The molecule has 0 saturated heterocycles. The standard InChI is InChI=1S/C26H27FN4O4S/c1-4-35-24(33)21-13-22-23(32)30(15-18-7-11-20(36-3)12-8-18)26(2,16-31(22)29-21)25(34)28-14-17-5-9-19(27)10-6-17/h5-13H,4,14-16H2,1-3H3,(H,28,34)/t26-/m0/s1. The number of nitrogens with one attached hydrogen (secondary N) is 1. The Morgan fingerprint density at radius 2 is 1.81 bits per heavy atom. The molecule has 2 aromatic carbocycles. The monoisotopic (exact) mass is 510 g/mol. The molecule has 1 aliphatic rings. The molecule has 0 unspecified atom stereocenters. The van der Waals surface area contributed by atoms with E-state index < -0.39 is 17.4 Å². The number of ether oxygens (including phenoxy) is 1. The number of fused-ring (bicyclic) bond motifs is 1. The second-order valence-electron chi connectivity index (χ2n) is 8.62. The lowest BCUT2D eigenvalue weighted by Crippen LogP contribution is -2.63. The Morgan fingerprint density at radius 1 is 1.14 bits per heavy atom. The second kappa shape index (κ2) is 10.5. The van der Waals surface area contributed by atoms with Crippen molar-refractivity contribution in [2.45, 2.75) is 43.9 Å². The van der Waals surface area contributed by atoms with E-state index in [1.54, 1.807) is 37.7 Å². The van der Waals surface area contributed by atoms with Crippen molar-refractivity contribution in [2.75, 3.05) is 12.9 Å². The summed E-state index contributed by atoms with van der Waals surface area (Å²) in [6.45, 7) is 3.94. The summed E-state index contributed by atoms with van der Waals surface area (Å²) in [4.78, 5) is 42.0. The van der Waals surface area contributed by atoms with E-state index in [4.69, 9.17) is 4.74 Å². The Hall–Kier alpha value is -3.66. The van der Waals surface area contributed by atoms with Gasteiger partial charge in [0.05, 0.1) is 13.2 Å². The van der Waals surface area contributed by atoms with Crippen LogP contribution in [0.3, 0.4) is 0 Å². The number of carbonyl (C=O) groups excluding carboxylic acids is 3. The van der Waals surface area contributed by atoms with E-state index in [0.29, 0.717) is 0 Å². The molecule has 2 heterocycles. The number of thioether (sulfide) groups is 1. The number of nitrogens with zero attached hydrogens (tertiary/aromatic N) is 3. The lowest BCUT2D eigenvalue weighted by molar-refractivity contribution is -0.133. The SMILES string of the molecule is CCOC(=O)c1cc2n(n1)C[C@@](C)(C(=O)NCc1ccc(F)cc1)N(Cc1ccc(SC)cc1)C2=O. The van der Waals surface area contributed by atoms with Crippen LogP contribution in [0.2, 0.25) is 0 Å². The van der Waals surface area contributed by atoms with Gasteiger partial charge in [0, 0.05) is 24.1 Å². The number of benzene rings is 2. The van der Waals surface area contributed by atoms with Gasteiger partial charge in [0.25, 0.3) is 5.91 Å². The molecule has 0 fully saturated rings. The Morgan fingerprint density at radius 3 is 2.44 bits per heavy atom. The van der Waals surface area contributed by atoms with Gasteiger partial charge in [-0.05, 0) is 55.5 Å². The number of hydrogen-bond acceptors (Lipinski definition) is 6. The van der Waals surface area contributed by atoms with Crippen LogP contribution in [0.5, 0.6) is 0 Å². The fourth-order valence-electron chi connectivity index (χ4n) is 4.08. The Kier molecular flexibility index (Phi) is 7.44. The summed E-state index contributed by atoms with van der Waals surface area (Å²) in [5.41, 5.74) is 0.500. The van der Waals surface area contributed by atoms with Gasteiger partial charge >= 0.3 is 5.97 Å². The average molecular weight is 511 g/mol. The minimum atomic E-state index is -1.31. The van der Waals surface area contributed by atoms with Crippen LogP contribution in [0.25, 0.3) is 0 Å². The van der Waals surface area contributed by atoms with Gasteiger partial charge < -0.3 is 15.0 Å². The summed E-state index contributed by atoms with van der Waals surface area (Å²) in [6, 6.07) is 15.0. The van der Waals surface area contributed by atoms with Gasteiger partial charge in [-0.3, -0.25) is 14.3 Å². The van der Waals surface area contributed by atoms with E-state index in [0.717, 1.165) is 16.0 Å². The number of halogens is 1. The predicted molar refractivity (Wildman–Crippen MR) is 133 cm³/mol. The zero-order valence-electron chi connectivity index (χ0n) is 20.3.